The maximum absolute atomic E-state index is 13.6. The first-order chi connectivity index (χ1) is 16.0. The highest BCUT2D eigenvalue weighted by molar-refractivity contribution is 7.19. The van der Waals surface area contributed by atoms with Crippen molar-refractivity contribution in [3.8, 4) is 0 Å². The van der Waals surface area contributed by atoms with Gasteiger partial charge < -0.3 is 10.2 Å². The van der Waals surface area contributed by atoms with E-state index >= 15 is 0 Å². The highest BCUT2D eigenvalue weighted by Crippen LogP contribution is 2.30. The number of hydrogen-bond acceptors (Lipinski definition) is 8. The molecule has 34 heavy (non-hydrogen) atoms. The van der Waals surface area contributed by atoms with E-state index in [0.29, 0.717) is 15.8 Å². The van der Waals surface area contributed by atoms with Gasteiger partial charge in [0.25, 0.3) is 5.91 Å². The van der Waals surface area contributed by atoms with Crippen LogP contribution in [0.15, 0.2) is 24.5 Å². The zero-order chi connectivity index (χ0) is 24.6. The molecule has 4 heterocycles. The molecule has 1 fully saturated rings. The number of halogens is 1. The number of rotatable bonds is 6. The Morgan fingerprint density at radius 2 is 1.97 bits per heavy atom. The second kappa shape index (κ2) is 9.22. The normalized spacial score (nSPS) is 15.2. The van der Waals surface area contributed by atoms with E-state index in [-0.39, 0.29) is 48.5 Å². The number of likely N-dealkylation sites (tertiary alicyclic amines) is 1. The molecule has 9 nitrogen and oxygen atoms in total. The van der Waals surface area contributed by atoms with Gasteiger partial charge in [-0.15, -0.1) is 11.3 Å². The SMILES string of the molecule is Cc1cc2nc(N[C@@H](C)c3cncc(F)c3)nc(C(=O)N3CC(C(=O)NOC(C)(C)C)C3)c2s1. The Hall–Kier alpha value is -3.18. The number of aryl methyl sites for hydroxylation is 1. The lowest BCUT2D eigenvalue weighted by molar-refractivity contribution is -0.153. The van der Waals surface area contributed by atoms with Crippen molar-refractivity contribution in [3.05, 3.63) is 46.5 Å². The number of carbonyl (C=O) groups excluding carboxylic acids is 2. The van der Waals surface area contributed by atoms with E-state index in [1.54, 1.807) is 11.1 Å². The molecule has 1 saturated heterocycles. The van der Waals surface area contributed by atoms with Gasteiger partial charge in [-0.25, -0.2) is 19.8 Å². The Kier molecular flexibility index (Phi) is 6.50. The molecule has 1 atom stereocenters. The number of pyridine rings is 1. The molecule has 1 aliphatic heterocycles. The summed E-state index contributed by atoms with van der Waals surface area (Å²) in [5, 5.41) is 3.14. The van der Waals surface area contributed by atoms with E-state index in [4.69, 9.17) is 4.84 Å². The lowest BCUT2D eigenvalue weighted by Gasteiger charge is -2.38. The van der Waals surface area contributed by atoms with Crippen LogP contribution in [0.5, 0.6) is 0 Å². The number of anilines is 1. The van der Waals surface area contributed by atoms with Gasteiger partial charge in [0.15, 0.2) is 5.69 Å². The number of nitrogens with zero attached hydrogens (tertiary/aromatic N) is 4. The minimum Gasteiger partial charge on any atom is -0.348 e. The number of fused-ring (bicyclic) bond motifs is 1. The number of thiophene rings is 1. The first kappa shape index (κ1) is 24.0. The molecular weight excluding hydrogens is 459 g/mol. The summed E-state index contributed by atoms with van der Waals surface area (Å²) < 4.78 is 14.3. The van der Waals surface area contributed by atoms with Gasteiger partial charge in [0.05, 0.1) is 34.0 Å². The topological polar surface area (TPSA) is 109 Å². The van der Waals surface area contributed by atoms with Gasteiger partial charge in [-0.05, 0) is 52.3 Å². The minimum absolute atomic E-state index is 0.251. The Labute approximate surface area is 200 Å². The summed E-state index contributed by atoms with van der Waals surface area (Å²) >= 11 is 1.44. The van der Waals surface area contributed by atoms with Crippen LogP contribution in [0.3, 0.4) is 0 Å². The summed E-state index contributed by atoms with van der Waals surface area (Å²) in [6.45, 7) is 9.85. The predicted molar refractivity (Wildman–Crippen MR) is 127 cm³/mol. The molecule has 11 heteroatoms. The van der Waals surface area contributed by atoms with Gasteiger partial charge in [-0.1, -0.05) is 0 Å². The van der Waals surface area contributed by atoms with Gasteiger partial charge in [-0.2, -0.15) is 0 Å². The molecule has 0 aromatic carbocycles. The summed E-state index contributed by atoms with van der Waals surface area (Å²) in [6, 6.07) is 2.95. The molecule has 3 aromatic heterocycles. The fourth-order valence-electron chi connectivity index (χ4n) is 3.45. The van der Waals surface area contributed by atoms with Crippen molar-refractivity contribution >= 4 is 39.3 Å². The molecule has 0 bridgehead atoms. The number of aromatic nitrogens is 3. The average Bonchev–Trinajstić information content (AvgIpc) is 3.10. The molecule has 2 N–H and O–H groups in total. The average molecular weight is 487 g/mol. The fourth-order valence-corrected chi connectivity index (χ4v) is 4.38. The van der Waals surface area contributed by atoms with Crippen LogP contribution in [0.2, 0.25) is 0 Å². The van der Waals surface area contributed by atoms with Crippen LogP contribution in [0, 0.1) is 18.7 Å². The van der Waals surface area contributed by atoms with Crippen molar-refractivity contribution in [1.82, 2.24) is 25.3 Å². The van der Waals surface area contributed by atoms with Crippen molar-refractivity contribution < 1.29 is 18.8 Å². The first-order valence-electron chi connectivity index (χ1n) is 10.9. The fraction of sp³-hybridized carbons (Fsp3) is 0.435. The van der Waals surface area contributed by atoms with Gasteiger partial charge in [0.2, 0.25) is 11.9 Å². The largest absolute Gasteiger partial charge is 0.348 e. The second-order valence-electron chi connectivity index (χ2n) is 9.36. The molecule has 2 amide bonds. The monoisotopic (exact) mass is 486 g/mol. The van der Waals surface area contributed by atoms with Crippen molar-refractivity contribution in [2.24, 2.45) is 5.92 Å². The quantitative estimate of drug-likeness (QED) is 0.512. The molecule has 0 unspecified atom stereocenters. The predicted octanol–water partition coefficient (Wildman–Crippen LogP) is 3.63. The molecule has 0 saturated carbocycles. The van der Waals surface area contributed by atoms with Gasteiger partial charge in [0, 0.05) is 24.2 Å². The molecule has 1 aliphatic rings. The molecule has 4 rings (SSSR count). The Bertz CT molecular complexity index is 1240. The van der Waals surface area contributed by atoms with Crippen molar-refractivity contribution in [2.75, 3.05) is 18.4 Å². The molecule has 180 valence electrons. The third kappa shape index (κ3) is 5.31. The molecule has 0 spiro atoms. The highest BCUT2D eigenvalue weighted by Gasteiger charge is 2.38. The van der Waals surface area contributed by atoms with E-state index in [0.717, 1.165) is 11.1 Å². The van der Waals surface area contributed by atoms with Crippen molar-refractivity contribution in [2.45, 2.75) is 46.3 Å². The zero-order valence-corrected chi connectivity index (χ0v) is 20.5. The summed E-state index contributed by atoms with van der Waals surface area (Å²) in [5.74, 6) is -1.03. The maximum Gasteiger partial charge on any atom is 0.274 e. The molecule has 3 aromatic rings. The Balaban J connectivity index is 1.51. The van der Waals surface area contributed by atoms with E-state index in [1.807, 2.05) is 40.7 Å². The van der Waals surface area contributed by atoms with Crippen LogP contribution in [0.4, 0.5) is 10.3 Å². The Morgan fingerprint density at radius 3 is 2.65 bits per heavy atom. The lowest BCUT2D eigenvalue weighted by atomic mass is 9.99. The molecule has 0 aliphatic carbocycles. The number of carbonyl (C=O) groups is 2. The van der Waals surface area contributed by atoms with Crippen molar-refractivity contribution in [3.63, 3.8) is 0 Å². The van der Waals surface area contributed by atoms with Crippen LogP contribution >= 0.6 is 11.3 Å². The number of nitrogens with one attached hydrogen (secondary N) is 2. The molecular formula is C23H27FN6O3S. The second-order valence-corrected chi connectivity index (χ2v) is 10.6. The highest BCUT2D eigenvalue weighted by atomic mass is 32.1. The number of hydrogen-bond donors (Lipinski definition) is 2. The Morgan fingerprint density at radius 1 is 1.24 bits per heavy atom. The smallest absolute Gasteiger partial charge is 0.274 e. The van der Waals surface area contributed by atoms with Crippen LogP contribution in [-0.2, 0) is 9.63 Å². The third-order valence-corrected chi connectivity index (χ3v) is 6.31. The summed E-state index contributed by atoms with van der Waals surface area (Å²) in [7, 11) is 0. The van der Waals surface area contributed by atoms with Crippen LogP contribution < -0.4 is 10.8 Å². The number of amides is 2. The van der Waals surface area contributed by atoms with Crippen LogP contribution in [0.25, 0.3) is 10.2 Å². The standard InChI is InChI=1S/C23H27FN6O3S/c1-12-6-17-19(34-12)18(21(32)30-10-15(11-30)20(31)29-33-23(3,4)5)28-22(27-17)26-13(2)14-7-16(24)9-25-8-14/h6-9,13,15H,10-11H2,1-5H3,(H,29,31)(H,26,27,28)/t13-/m0/s1. The van der Waals surface area contributed by atoms with E-state index in [1.165, 1.54) is 17.4 Å². The van der Waals surface area contributed by atoms with E-state index in [9.17, 15) is 14.0 Å². The summed E-state index contributed by atoms with van der Waals surface area (Å²) in [4.78, 5) is 46.4. The summed E-state index contributed by atoms with van der Waals surface area (Å²) in [6.07, 6.45) is 2.70. The minimum atomic E-state index is -0.499. The third-order valence-electron chi connectivity index (χ3n) is 5.27. The lowest BCUT2D eigenvalue weighted by Crippen LogP contribution is -2.56. The van der Waals surface area contributed by atoms with E-state index in [2.05, 4.69) is 25.7 Å². The first-order valence-corrected chi connectivity index (χ1v) is 11.7. The van der Waals surface area contributed by atoms with Crippen molar-refractivity contribution in [1.29, 1.82) is 0 Å². The zero-order valence-electron chi connectivity index (χ0n) is 19.7. The van der Waals surface area contributed by atoms with Gasteiger partial charge in [0.1, 0.15) is 5.82 Å². The molecule has 0 radical (unpaired) electrons. The van der Waals surface area contributed by atoms with E-state index < -0.39 is 11.4 Å². The van der Waals surface area contributed by atoms with Gasteiger partial charge >= 0.3 is 0 Å². The van der Waals surface area contributed by atoms with Gasteiger partial charge in [-0.3, -0.25) is 19.4 Å². The van der Waals surface area contributed by atoms with Crippen LogP contribution in [0.1, 0.15) is 54.7 Å². The van der Waals surface area contributed by atoms with Crippen LogP contribution in [-0.4, -0.2) is 50.4 Å². The maximum atomic E-state index is 13.6. The number of hydroxylamine groups is 1. The summed E-state index contributed by atoms with van der Waals surface area (Å²) in [5.41, 5.74) is 3.53.